The van der Waals surface area contributed by atoms with Crippen molar-refractivity contribution in [2.45, 2.75) is 6.10 Å². The zero-order valence-corrected chi connectivity index (χ0v) is 6.03. The largest absolute Gasteiger partial charge is 0.485 e. The second-order valence-electron chi connectivity index (χ2n) is 3.02. The highest BCUT2D eigenvalue weighted by Gasteiger charge is 2.50. The number of nitrogens with one attached hydrogen (secondary N) is 1. The smallest absolute Gasteiger partial charge is 0.258 e. The summed E-state index contributed by atoms with van der Waals surface area (Å²) in [6.45, 7) is 0. The molecule has 12 heavy (non-hydrogen) atoms. The van der Waals surface area contributed by atoms with Gasteiger partial charge in [-0.3, -0.25) is 14.9 Å². The molecule has 4 heteroatoms. The van der Waals surface area contributed by atoms with Crippen molar-refractivity contribution >= 4 is 11.8 Å². The summed E-state index contributed by atoms with van der Waals surface area (Å²) in [6, 6.07) is 0. The van der Waals surface area contributed by atoms with Gasteiger partial charge in [-0.05, 0) is 12.2 Å². The van der Waals surface area contributed by atoms with Gasteiger partial charge in [-0.2, -0.15) is 0 Å². The van der Waals surface area contributed by atoms with E-state index in [1.165, 1.54) is 0 Å². The maximum Gasteiger partial charge on any atom is 0.258 e. The molecule has 3 aliphatic rings. The molecular weight excluding hydrogens is 158 g/mol. The first kappa shape index (κ1) is 5.99. The van der Waals surface area contributed by atoms with Crippen LogP contribution in [0, 0.1) is 5.92 Å². The van der Waals surface area contributed by atoms with Crippen LogP contribution in [0.3, 0.4) is 0 Å². The molecule has 1 fully saturated rings. The first-order valence-corrected chi connectivity index (χ1v) is 3.71. The van der Waals surface area contributed by atoms with Crippen LogP contribution in [0.4, 0.5) is 0 Å². The Morgan fingerprint density at radius 3 is 3.00 bits per heavy atom. The molecule has 0 spiro atoms. The fourth-order valence-electron chi connectivity index (χ4n) is 1.85. The lowest BCUT2D eigenvalue weighted by molar-refractivity contribution is -0.126. The molecule has 60 valence electrons. The number of imide groups is 1. The zero-order chi connectivity index (χ0) is 8.29. The molecule has 0 radical (unpaired) electrons. The van der Waals surface area contributed by atoms with E-state index in [9.17, 15) is 9.59 Å². The molecule has 3 heterocycles. The van der Waals surface area contributed by atoms with Crippen molar-refractivity contribution in [1.82, 2.24) is 5.32 Å². The number of hydrogen-bond donors (Lipinski definition) is 1. The lowest BCUT2D eigenvalue weighted by Crippen LogP contribution is -2.27. The number of rotatable bonds is 0. The van der Waals surface area contributed by atoms with Crippen LogP contribution in [0.5, 0.6) is 0 Å². The number of ether oxygens (including phenoxy) is 1. The van der Waals surface area contributed by atoms with Crippen molar-refractivity contribution in [3.8, 4) is 0 Å². The zero-order valence-electron chi connectivity index (χ0n) is 6.03. The summed E-state index contributed by atoms with van der Waals surface area (Å²) in [5.74, 6) is -0.350. The Morgan fingerprint density at radius 1 is 1.42 bits per heavy atom. The Hall–Kier alpha value is -1.58. The Balaban J connectivity index is 2.23. The van der Waals surface area contributed by atoms with Gasteiger partial charge >= 0.3 is 0 Å². The van der Waals surface area contributed by atoms with Crippen LogP contribution in [-0.4, -0.2) is 17.9 Å². The Bertz CT molecular complexity index is 366. The minimum absolute atomic E-state index is 0.235. The Morgan fingerprint density at radius 2 is 2.25 bits per heavy atom. The van der Waals surface area contributed by atoms with Gasteiger partial charge < -0.3 is 4.74 Å². The third-order valence-electron chi connectivity index (χ3n) is 2.37. The van der Waals surface area contributed by atoms with Crippen molar-refractivity contribution in [3.05, 3.63) is 23.5 Å². The predicted octanol–water partition coefficient (Wildman–Crippen LogP) is -0.518. The SMILES string of the molecule is O=C1NC(=O)C2C1=C1C=CC2O1. The number of carbonyl (C=O) groups is 2. The summed E-state index contributed by atoms with van der Waals surface area (Å²) in [6.07, 6.45) is 3.32. The average Bonchev–Trinajstić information content (AvgIpc) is 2.64. The van der Waals surface area contributed by atoms with E-state index >= 15 is 0 Å². The Kier molecular flexibility index (Phi) is 0.800. The monoisotopic (exact) mass is 163 g/mol. The van der Waals surface area contributed by atoms with Crippen molar-refractivity contribution < 1.29 is 14.3 Å². The standard InChI is InChI=1S/C8H5NO3/c10-7-5-3-1-2-4(12-3)6(5)8(11)9-7/h1-3,5H,(H,9,10,11). The van der Waals surface area contributed by atoms with Gasteiger partial charge in [0.2, 0.25) is 5.91 Å². The minimum atomic E-state index is -0.377. The van der Waals surface area contributed by atoms with Crippen LogP contribution in [-0.2, 0) is 14.3 Å². The van der Waals surface area contributed by atoms with Gasteiger partial charge in [-0.1, -0.05) is 0 Å². The molecule has 0 saturated carbocycles. The molecule has 3 rings (SSSR count). The molecular formula is C8H5NO3. The van der Waals surface area contributed by atoms with E-state index < -0.39 is 0 Å². The summed E-state index contributed by atoms with van der Waals surface area (Å²) in [7, 11) is 0. The first-order valence-electron chi connectivity index (χ1n) is 3.71. The van der Waals surface area contributed by atoms with E-state index in [4.69, 9.17) is 4.74 Å². The second kappa shape index (κ2) is 1.60. The predicted molar refractivity (Wildman–Crippen MR) is 37.7 cm³/mol. The summed E-state index contributed by atoms with van der Waals surface area (Å²) in [4.78, 5) is 22.3. The lowest BCUT2D eigenvalue weighted by Gasteiger charge is -2.06. The van der Waals surface area contributed by atoms with E-state index in [0.29, 0.717) is 11.3 Å². The fourth-order valence-corrected chi connectivity index (χ4v) is 1.85. The fraction of sp³-hybridized carbons (Fsp3) is 0.250. The summed E-state index contributed by atoms with van der Waals surface area (Å²) >= 11 is 0. The van der Waals surface area contributed by atoms with Gasteiger partial charge in [0.15, 0.2) is 0 Å². The lowest BCUT2D eigenvalue weighted by atomic mass is 9.94. The average molecular weight is 163 g/mol. The van der Waals surface area contributed by atoms with Crippen molar-refractivity contribution in [2.24, 2.45) is 5.92 Å². The van der Waals surface area contributed by atoms with Crippen LogP contribution in [0.15, 0.2) is 23.5 Å². The highest BCUT2D eigenvalue weighted by atomic mass is 16.5. The van der Waals surface area contributed by atoms with Gasteiger partial charge in [0.05, 0.1) is 5.57 Å². The number of fused-ring (bicyclic) bond motifs is 4. The van der Waals surface area contributed by atoms with Crippen molar-refractivity contribution in [3.63, 3.8) is 0 Å². The second-order valence-corrected chi connectivity index (χ2v) is 3.02. The van der Waals surface area contributed by atoms with Crippen LogP contribution in [0.2, 0.25) is 0 Å². The maximum atomic E-state index is 11.2. The van der Waals surface area contributed by atoms with Crippen LogP contribution >= 0.6 is 0 Å². The van der Waals surface area contributed by atoms with E-state index in [2.05, 4.69) is 5.32 Å². The number of hydrogen-bond acceptors (Lipinski definition) is 3. The van der Waals surface area contributed by atoms with Crippen molar-refractivity contribution in [1.29, 1.82) is 0 Å². The van der Waals surface area contributed by atoms with Gasteiger partial charge in [-0.25, -0.2) is 0 Å². The topological polar surface area (TPSA) is 55.4 Å². The molecule has 0 aromatic carbocycles. The molecule has 0 aromatic heterocycles. The van der Waals surface area contributed by atoms with Gasteiger partial charge in [0.25, 0.3) is 5.91 Å². The molecule has 0 aliphatic carbocycles. The molecule has 1 N–H and O–H groups in total. The van der Waals surface area contributed by atoms with Gasteiger partial charge in [0, 0.05) is 0 Å². The van der Waals surface area contributed by atoms with Gasteiger partial charge in [0.1, 0.15) is 17.8 Å². The summed E-state index contributed by atoms with van der Waals surface area (Å²) < 4.78 is 5.27. The molecule has 2 unspecified atom stereocenters. The van der Waals surface area contributed by atoms with Gasteiger partial charge in [-0.15, -0.1) is 0 Å². The Labute approximate surface area is 67.9 Å². The summed E-state index contributed by atoms with van der Waals surface area (Å²) in [5, 5.41) is 2.26. The normalized spacial score (nSPS) is 35.7. The van der Waals surface area contributed by atoms with Crippen molar-refractivity contribution in [2.75, 3.05) is 0 Å². The third kappa shape index (κ3) is 0.470. The molecule has 2 amide bonds. The maximum absolute atomic E-state index is 11.2. The minimum Gasteiger partial charge on any atom is -0.485 e. The molecule has 0 aromatic rings. The van der Waals surface area contributed by atoms with Crippen LogP contribution in [0.25, 0.3) is 0 Å². The quantitative estimate of drug-likeness (QED) is 0.489. The first-order chi connectivity index (χ1) is 5.77. The number of carbonyl (C=O) groups excluding carboxylic acids is 2. The highest BCUT2D eigenvalue weighted by molar-refractivity contribution is 6.16. The van der Waals surface area contributed by atoms with Crippen LogP contribution < -0.4 is 5.32 Å². The molecule has 2 bridgehead atoms. The van der Waals surface area contributed by atoms with E-state index in [0.717, 1.165) is 0 Å². The molecule has 3 aliphatic heterocycles. The number of allylic oxidation sites excluding steroid dienone is 1. The molecule has 2 atom stereocenters. The highest BCUT2D eigenvalue weighted by Crippen LogP contribution is 2.40. The molecule has 4 nitrogen and oxygen atoms in total. The van der Waals surface area contributed by atoms with E-state index in [-0.39, 0.29) is 23.8 Å². The number of amides is 2. The van der Waals surface area contributed by atoms with Crippen LogP contribution in [0.1, 0.15) is 0 Å². The summed E-state index contributed by atoms with van der Waals surface area (Å²) in [5.41, 5.74) is 0.507. The molecule has 1 saturated heterocycles. The van der Waals surface area contributed by atoms with E-state index in [1.807, 2.05) is 6.08 Å². The van der Waals surface area contributed by atoms with E-state index in [1.54, 1.807) is 6.08 Å². The third-order valence-corrected chi connectivity index (χ3v) is 2.37.